The van der Waals surface area contributed by atoms with Crippen molar-refractivity contribution in [2.75, 3.05) is 13.2 Å². The first-order chi connectivity index (χ1) is 15.2. The van der Waals surface area contributed by atoms with E-state index in [2.05, 4.69) is 4.98 Å². The smallest absolute Gasteiger partial charge is 0.274 e. The lowest BCUT2D eigenvalue weighted by atomic mass is 10.2. The average molecular weight is 429 g/mol. The molecule has 0 radical (unpaired) electrons. The molecule has 0 aliphatic carbocycles. The van der Waals surface area contributed by atoms with Crippen LogP contribution in [0.4, 0.5) is 0 Å². The first-order valence-electron chi connectivity index (χ1n) is 10.0. The quantitative estimate of drug-likeness (QED) is 0.380. The van der Waals surface area contributed by atoms with Crippen molar-refractivity contribution >= 4 is 33.4 Å². The summed E-state index contributed by atoms with van der Waals surface area (Å²) >= 11 is 1.40. The highest BCUT2D eigenvalue weighted by Crippen LogP contribution is 2.17. The van der Waals surface area contributed by atoms with Gasteiger partial charge in [0.25, 0.3) is 5.56 Å². The summed E-state index contributed by atoms with van der Waals surface area (Å²) in [5.74, 6) is 1.60. The molecule has 5 rings (SSSR count). The van der Waals surface area contributed by atoms with E-state index >= 15 is 0 Å². The topological polar surface area (TPSA) is 52.8 Å². The van der Waals surface area contributed by atoms with Crippen molar-refractivity contribution in [1.29, 1.82) is 0 Å². The van der Waals surface area contributed by atoms with E-state index in [4.69, 9.17) is 9.47 Å². The number of nitrogens with zero attached hydrogens (tertiary/aromatic N) is 2. The fourth-order valence-corrected chi connectivity index (χ4v) is 4.36. The Hall–Kier alpha value is -3.64. The molecule has 6 heteroatoms. The Labute approximate surface area is 182 Å². The molecule has 0 amide bonds. The molecule has 5 aromatic rings. The molecule has 2 heterocycles. The number of benzene rings is 3. The van der Waals surface area contributed by atoms with Crippen molar-refractivity contribution in [3.63, 3.8) is 0 Å². The van der Waals surface area contributed by atoms with Crippen LogP contribution in [0.3, 0.4) is 0 Å². The monoisotopic (exact) mass is 428 g/mol. The summed E-state index contributed by atoms with van der Waals surface area (Å²) in [6.45, 7) is 2.97. The molecular formula is C25H20N2O3S. The third kappa shape index (κ3) is 4.02. The molecule has 5 nitrogen and oxygen atoms in total. The van der Waals surface area contributed by atoms with Crippen LogP contribution in [0.5, 0.6) is 11.5 Å². The van der Waals surface area contributed by atoms with Gasteiger partial charge >= 0.3 is 0 Å². The van der Waals surface area contributed by atoms with Gasteiger partial charge in [-0.3, -0.25) is 4.79 Å². The summed E-state index contributed by atoms with van der Waals surface area (Å²) in [5, 5.41) is 0. The highest BCUT2D eigenvalue weighted by atomic mass is 32.1. The van der Waals surface area contributed by atoms with Gasteiger partial charge in [-0.2, -0.15) is 0 Å². The lowest BCUT2D eigenvalue weighted by Gasteiger charge is -2.08. The molecular weight excluding hydrogens is 408 g/mol. The Balaban J connectivity index is 1.26. The SMILES string of the molecule is Cc1ccc(OCCOc2ccc(/C=c3\sc4nc5ccccc5n4c3=O)cc2)cc1. The summed E-state index contributed by atoms with van der Waals surface area (Å²) in [4.78, 5) is 18.1. The third-order valence-corrected chi connectivity index (χ3v) is 5.93. The maximum absolute atomic E-state index is 12.8. The predicted octanol–water partition coefficient (Wildman–Crippen LogP) is 4.22. The van der Waals surface area contributed by atoms with Crippen LogP contribution in [0.15, 0.2) is 77.6 Å². The molecule has 0 saturated carbocycles. The van der Waals surface area contributed by atoms with Crippen LogP contribution in [-0.4, -0.2) is 22.6 Å². The van der Waals surface area contributed by atoms with Crippen LogP contribution in [-0.2, 0) is 0 Å². The van der Waals surface area contributed by atoms with Gasteiger partial charge in [0.2, 0.25) is 0 Å². The number of imidazole rings is 1. The summed E-state index contributed by atoms with van der Waals surface area (Å²) < 4.78 is 13.8. The van der Waals surface area contributed by atoms with Gasteiger partial charge in [-0.25, -0.2) is 9.38 Å². The standard InChI is InChI=1S/C25H20N2O3S/c1-17-6-10-19(11-7-17)29-14-15-30-20-12-8-18(9-13-20)16-23-24(28)27-22-5-3-2-4-21(22)26-25(27)31-23/h2-13,16H,14-15H2,1H3/b23-16-. The van der Waals surface area contributed by atoms with Crippen LogP contribution in [0.2, 0.25) is 0 Å². The molecule has 3 aromatic carbocycles. The van der Waals surface area contributed by atoms with Gasteiger partial charge in [0.1, 0.15) is 24.7 Å². The van der Waals surface area contributed by atoms with Gasteiger partial charge in [0.05, 0.1) is 15.6 Å². The Morgan fingerprint density at radius 1 is 0.903 bits per heavy atom. The third-order valence-electron chi connectivity index (χ3n) is 4.96. The second-order valence-electron chi connectivity index (χ2n) is 7.21. The molecule has 0 bridgehead atoms. The summed E-state index contributed by atoms with van der Waals surface area (Å²) in [7, 11) is 0. The largest absolute Gasteiger partial charge is 0.490 e. The maximum atomic E-state index is 12.8. The van der Waals surface area contributed by atoms with Crippen LogP contribution in [0.25, 0.3) is 22.1 Å². The molecule has 0 N–H and O–H groups in total. The van der Waals surface area contributed by atoms with Gasteiger partial charge in [0.15, 0.2) is 4.96 Å². The van der Waals surface area contributed by atoms with Crippen molar-refractivity contribution < 1.29 is 9.47 Å². The lowest BCUT2D eigenvalue weighted by Crippen LogP contribution is -2.22. The first kappa shape index (κ1) is 19.3. The van der Waals surface area contributed by atoms with E-state index in [1.165, 1.54) is 16.9 Å². The van der Waals surface area contributed by atoms with E-state index < -0.39 is 0 Å². The Bertz CT molecular complexity index is 1450. The number of rotatable bonds is 6. The summed E-state index contributed by atoms with van der Waals surface area (Å²) in [5.41, 5.74) is 3.78. The highest BCUT2D eigenvalue weighted by molar-refractivity contribution is 7.15. The summed E-state index contributed by atoms with van der Waals surface area (Å²) in [6.07, 6.45) is 1.89. The Kier molecular flexibility index (Phi) is 5.14. The van der Waals surface area contributed by atoms with Crippen LogP contribution >= 0.6 is 11.3 Å². The van der Waals surface area contributed by atoms with E-state index in [0.717, 1.165) is 28.1 Å². The minimum atomic E-state index is -0.0396. The number of para-hydroxylation sites is 2. The highest BCUT2D eigenvalue weighted by Gasteiger charge is 2.10. The second-order valence-corrected chi connectivity index (χ2v) is 8.22. The zero-order chi connectivity index (χ0) is 21.2. The van der Waals surface area contributed by atoms with Crippen LogP contribution < -0.4 is 19.6 Å². The zero-order valence-corrected chi connectivity index (χ0v) is 17.8. The lowest BCUT2D eigenvalue weighted by molar-refractivity contribution is 0.217. The van der Waals surface area contributed by atoms with E-state index in [-0.39, 0.29) is 5.56 Å². The first-order valence-corrected chi connectivity index (χ1v) is 10.8. The van der Waals surface area contributed by atoms with Crippen molar-refractivity contribution in [3.8, 4) is 11.5 Å². The fraction of sp³-hybridized carbons (Fsp3) is 0.120. The minimum Gasteiger partial charge on any atom is -0.490 e. The van der Waals surface area contributed by atoms with Crippen molar-refractivity contribution in [2.45, 2.75) is 6.92 Å². The van der Waals surface area contributed by atoms with Gasteiger partial charge < -0.3 is 9.47 Å². The van der Waals surface area contributed by atoms with Gasteiger partial charge in [-0.05, 0) is 55.0 Å². The molecule has 0 saturated heterocycles. The Morgan fingerprint density at radius 2 is 1.55 bits per heavy atom. The fourth-order valence-electron chi connectivity index (χ4n) is 3.38. The number of hydrogen-bond donors (Lipinski definition) is 0. The number of aryl methyl sites for hydroxylation is 1. The average Bonchev–Trinajstić information content (AvgIpc) is 3.30. The van der Waals surface area contributed by atoms with Crippen molar-refractivity contribution in [3.05, 3.63) is 98.8 Å². The van der Waals surface area contributed by atoms with Gasteiger partial charge in [-0.15, -0.1) is 0 Å². The number of hydrogen-bond acceptors (Lipinski definition) is 5. The van der Waals surface area contributed by atoms with Gasteiger partial charge in [0, 0.05) is 0 Å². The molecule has 0 aliphatic heterocycles. The Morgan fingerprint density at radius 3 is 2.26 bits per heavy atom. The summed E-state index contributed by atoms with van der Waals surface area (Å²) in [6, 6.07) is 23.3. The number of fused-ring (bicyclic) bond motifs is 3. The molecule has 154 valence electrons. The van der Waals surface area contributed by atoms with Crippen molar-refractivity contribution in [2.24, 2.45) is 0 Å². The number of thiazole rings is 1. The molecule has 0 atom stereocenters. The van der Waals surface area contributed by atoms with Crippen molar-refractivity contribution in [1.82, 2.24) is 9.38 Å². The molecule has 0 unspecified atom stereocenters. The van der Waals surface area contributed by atoms with Crippen LogP contribution in [0.1, 0.15) is 11.1 Å². The van der Waals surface area contributed by atoms with E-state index in [1.54, 1.807) is 4.40 Å². The van der Waals surface area contributed by atoms with E-state index in [9.17, 15) is 4.79 Å². The predicted molar refractivity (Wildman–Crippen MR) is 124 cm³/mol. The molecule has 0 aliphatic rings. The maximum Gasteiger partial charge on any atom is 0.274 e. The molecule has 0 spiro atoms. The zero-order valence-electron chi connectivity index (χ0n) is 16.9. The van der Waals surface area contributed by atoms with E-state index in [0.29, 0.717) is 22.7 Å². The number of ether oxygens (including phenoxy) is 2. The second kappa shape index (κ2) is 8.24. The van der Waals surface area contributed by atoms with E-state index in [1.807, 2.05) is 85.8 Å². The normalized spacial score (nSPS) is 12.0. The molecule has 2 aromatic heterocycles. The minimum absolute atomic E-state index is 0.0396. The van der Waals surface area contributed by atoms with Gasteiger partial charge in [-0.1, -0.05) is 53.3 Å². The molecule has 31 heavy (non-hydrogen) atoms. The number of aromatic nitrogens is 2. The molecule has 0 fully saturated rings. The van der Waals surface area contributed by atoms with Crippen LogP contribution in [0, 0.1) is 6.92 Å².